The molecule has 4 amide bonds. The number of aliphatic hydroxyl groups excluding tert-OH is 1. The van der Waals surface area contributed by atoms with Crippen LogP contribution >= 0.6 is 0 Å². The Morgan fingerprint density at radius 3 is 2.22 bits per heavy atom. The SMILES string of the molecule is C[C@H](/C=C/CC(=O)N1Cc2ccccc2C[C@H]1CO)[C@@]1(O)C(=O)N(Cc2ccc(N3CCCC3=O)cc2)c2ccc(N3CCCC3=O)cc21. The second-order valence-electron chi connectivity index (χ2n) is 13.6. The number of nitrogens with zero attached hydrogens (tertiary/aromatic N) is 4. The minimum absolute atomic E-state index is 0.00854. The predicted molar refractivity (Wildman–Crippen MR) is 186 cm³/mol. The number of rotatable bonds is 9. The largest absolute Gasteiger partial charge is 0.394 e. The lowest BCUT2D eigenvalue weighted by Crippen LogP contribution is -2.46. The van der Waals surface area contributed by atoms with E-state index in [1.54, 1.807) is 50.8 Å². The first-order valence-electron chi connectivity index (χ1n) is 17.2. The Morgan fingerprint density at radius 2 is 1.57 bits per heavy atom. The summed E-state index contributed by atoms with van der Waals surface area (Å²) in [6, 6.07) is 20.6. The molecular formula is C39H42N4O6. The third-order valence-corrected chi connectivity index (χ3v) is 10.6. The number of aliphatic hydroxyl groups is 2. The van der Waals surface area contributed by atoms with E-state index < -0.39 is 17.4 Å². The van der Waals surface area contributed by atoms with Gasteiger partial charge in [-0.25, -0.2) is 0 Å². The van der Waals surface area contributed by atoms with Crippen LogP contribution < -0.4 is 14.7 Å². The van der Waals surface area contributed by atoms with Gasteiger partial charge in [0.15, 0.2) is 5.60 Å². The minimum Gasteiger partial charge on any atom is -0.394 e. The molecule has 2 N–H and O–H groups in total. The van der Waals surface area contributed by atoms with Crippen molar-refractivity contribution in [3.63, 3.8) is 0 Å². The van der Waals surface area contributed by atoms with Crippen LogP contribution in [0.4, 0.5) is 17.1 Å². The fourth-order valence-electron chi connectivity index (χ4n) is 7.74. The molecule has 254 valence electrons. The highest BCUT2D eigenvalue weighted by Gasteiger charge is 2.53. The van der Waals surface area contributed by atoms with Crippen LogP contribution in [0.15, 0.2) is 78.9 Å². The molecule has 0 aromatic heterocycles. The molecule has 0 bridgehead atoms. The third-order valence-electron chi connectivity index (χ3n) is 10.6. The monoisotopic (exact) mass is 662 g/mol. The molecule has 49 heavy (non-hydrogen) atoms. The molecule has 0 spiro atoms. The van der Waals surface area contributed by atoms with Crippen molar-refractivity contribution in [1.29, 1.82) is 0 Å². The third kappa shape index (κ3) is 5.93. The quantitative estimate of drug-likeness (QED) is 0.332. The van der Waals surface area contributed by atoms with Crippen molar-refractivity contribution in [2.75, 3.05) is 34.4 Å². The van der Waals surface area contributed by atoms with Crippen molar-refractivity contribution in [3.05, 3.63) is 101 Å². The Labute approximate surface area is 286 Å². The molecule has 0 unspecified atom stereocenters. The molecule has 4 heterocycles. The second kappa shape index (κ2) is 13.2. The highest BCUT2D eigenvalue weighted by atomic mass is 16.3. The van der Waals surface area contributed by atoms with E-state index in [4.69, 9.17) is 0 Å². The van der Waals surface area contributed by atoms with Gasteiger partial charge in [-0.3, -0.25) is 19.2 Å². The number of hydrogen-bond donors (Lipinski definition) is 2. The zero-order valence-electron chi connectivity index (χ0n) is 27.8. The first-order chi connectivity index (χ1) is 23.7. The summed E-state index contributed by atoms with van der Waals surface area (Å²) in [4.78, 5) is 59.3. The van der Waals surface area contributed by atoms with Gasteiger partial charge in [-0.15, -0.1) is 0 Å². The van der Waals surface area contributed by atoms with E-state index in [1.165, 1.54) is 0 Å². The van der Waals surface area contributed by atoms with Gasteiger partial charge in [0, 0.05) is 61.8 Å². The van der Waals surface area contributed by atoms with Gasteiger partial charge in [0.05, 0.1) is 24.9 Å². The number of fused-ring (bicyclic) bond motifs is 2. The Hall–Kier alpha value is -4.80. The van der Waals surface area contributed by atoms with E-state index >= 15 is 0 Å². The summed E-state index contributed by atoms with van der Waals surface area (Å²) in [6.07, 6.45) is 6.63. The van der Waals surface area contributed by atoms with Gasteiger partial charge in [0.2, 0.25) is 17.7 Å². The van der Waals surface area contributed by atoms with Gasteiger partial charge in [-0.1, -0.05) is 55.5 Å². The average Bonchev–Trinajstić information content (AvgIpc) is 3.81. The molecule has 2 saturated heterocycles. The smallest absolute Gasteiger partial charge is 0.264 e. The summed E-state index contributed by atoms with van der Waals surface area (Å²) < 4.78 is 0. The molecule has 10 nitrogen and oxygen atoms in total. The van der Waals surface area contributed by atoms with Gasteiger partial charge in [0.1, 0.15) is 0 Å². The number of hydrogen-bond acceptors (Lipinski definition) is 6. The van der Waals surface area contributed by atoms with Crippen LogP contribution in [0, 0.1) is 5.92 Å². The number of carbonyl (C=O) groups is 4. The van der Waals surface area contributed by atoms with E-state index in [-0.39, 0.29) is 43.3 Å². The van der Waals surface area contributed by atoms with Crippen LogP contribution in [0.25, 0.3) is 0 Å². The maximum atomic E-state index is 14.3. The maximum Gasteiger partial charge on any atom is 0.264 e. The predicted octanol–water partition coefficient (Wildman–Crippen LogP) is 4.20. The molecule has 0 radical (unpaired) electrons. The van der Waals surface area contributed by atoms with Gasteiger partial charge < -0.3 is 29.8 Å². The van der Waals surface area contributed by atoms with Crippen LogP contribution in [0.3, 0.4) is 0 Å². The van der Waals surface area contributed by atoms with Gasteiger partial charge >= 0.3 is 0 Å². The summed E-state index contributed by atoms with van der Waals surface area (Å²) in [5.74, 6) is -1.22. The van der Waals surface area contributed by atoms with Crippen LogP contribution in [0.5, 0.6) is 0 Å². The van der Waals surface area contributed by atoms with Crippen molar-refractivity contribution < 1.29 is 29.4 Å². The molecule has 2 fully saturated rings. The van der Waals surface area contributed by atoms with Crippen LogP contribution in [-0.4, -0.2) is 64.5 Å². The Kier molecular flexibility index (Phi) is 8.85. The number of carbonyl (C=O) groups excluding carboxylic acids is 4. The van der Waals surface area contributed by atoms with Gasteiger partial charge in [-0.05, 0) is 66.3 Å². The van der Waals surface area contributed by atoms with E-state index in [9.17, 15) is 29.4 Å². The first-order valence-corrected chi connectivity index (χ1v) is 17.2. The average molecular weight is 663 g/mol. The van der Waals surface area contributed by atoms with E-state index in [0.717, 1.165) is 35.2 Å². The van der Waals surface area contributed by atoms with Crippen molar-refractivity contribution in [2.45, 2.75) is 70.2 Å². The molecule has 3 atom stereocenters. The lowest BCUT2D eigenvalue weighted by Gasteiger charge is -2.36. The highest BCUT2D eigenvalue weighted by molar-refractivity contribution is 6.08. The molecule has 4 aliphatic rings. The number of amides is 4. The summed E-state index contributed by atoms with van der Waals surface area (Å²) in [7, 11) is 0. The lowest BCUT2D eigenvalue weighted by molar-refractivity contribution is -0.139. The Balaban J connectivity index is 1.13. The van der Waals surface area contributed by atoms with E-state index in [1.807, 2.05) is 54.6 Å². The lowest BCUT2D eigenvalue weighted by atomic mass is 9.82. The summed E-state index contributed by atoms with van der Waals surface area (Å²) in [5.41, 5.74) is 3.55. The summed E-state index contributed by atoms with van der Waals surface area (Å²) in [5, 5.41) is 22.4. The Bertz CT molecular complexity index is 1820. The second-order valence-corrected chi connectivity index (χ2v) is 13.6. The molecule has 3 aromatic carbocycles. The molecule has 0 aliphatic carbocycles. The van der Waals surface area contributed by atoms with Crippen LogP contribution in [-0.2, 0) is 44.3 Å². The summed E-state index contributed by atoms with van der Waals surface area (Å²) in [6.45, 7) is 3.51. The zero-order chi connectivity index (χ0) is 34.3. The molecule has 10 heteroatoms. The van der Waals surface area contributed by atoms with Crippen LogP contribution in [0.2, 0.25) is 0 Å². The van der Waals surface area contributed by atoms with Crippen molar-refractivity contribution in [2.24, 2.45) is 5.92 Å². The van der Waals surface area contributed by atoms with E-state index in [0.29, 0.717) is 55.8 Å². The molecule has 3 aromatic rings. The molecule has 7 rings (SSSR count). The fourth-order valence-corrected chi connectivity index (χ4v) is 7.74. The Morgan fingerprint density at radius 1 is 0.918 bits per heavy atom. The minimum atomic E-state index is -1.94. The molecule has 0 saturated carbocycles. The van der Waals surface area contributed by atoms with Gasteiger partial charge in [-0.2, -0.15) is 0 Å². The normalized spacial score (nSPS) is 22.8. The number of benzene rings is 3. The maximum absolute atomic E-state index is 14.3. The van der Waals surface area contributed by atoms with Gasteiger partial charge in [0.25, 0.3) is 5.91 Å². The van der Waals surface area contributed by atoms with Crippen LogP contribution in [0.1, 0.15) is 61.3 Å². The number of anilines is 3. The molecule has 4 aliphatic heterocycles. The van der Waals surface area contributed by atoms with Crippen molar-refractivity contribution >= 4 is 40.7 Å². The fraction of sp³-hybridized carbons (Fsp3) is 0.385. The molecular weight excluding hydrogens is 620 g/mol. The van der Waals surface area contributed by atoms with E-state index in [2.05, 4.69) is 0 Å². The van der Waals surface area contributed by atoms with Crippen molar-refractivity contribution in [3.8, 4) is 0 Å². The highest BCUT2D eigenvalue weighted by Crippen LogP contribution is 2.47. The topological polar surface area (TPSA) is 122 Å². The van der Waals surface area contributed by atoms with Crippen molar-refractivity contribution in [1.82, 2.24) is 4.90 Å². The summed E-state index contributed by atoms with van der Waals surface area (Å²) >= 11 is 0. The standard InChI is InChI=1S/C39H42N4O6/c1-26(7-4-10-37(47)42-24-29-9-3-2-8-28(29)21-32(42)25-44)39(49)33-22-31(41-20-6-12-36(41)46)17-18-34(33)43(38(39)48)23-27-13-15-30(16-14-27)40-19-5-11-35(40)45/h2-4,7-9,13-18,22,26,32,44,49H,5-6,10-12,19-21,23-25H2,1H3/b7-4+/t26-,32+,39+/m1/s1. The first kappa shape index (κ1) is 32.7. The zero-order valence-corrected chi connectivity index (χ0v) is 27.8.